The topological polar surface area (TPSA) is 84.6 Å². The predicted octanol–water partition coefficient (Wildman–Crippen LogP) is 8.04. The number of benzene rings is 3. The van der Waals surface area contributed by atoms with Crippen molar-refractivity contribution < 1.29 is 22.7 Å². The van der Waals surface area contributed by atoms with Gasteiger partial charge in [-0.3, -0.25) is 0 Å². The first-order valence-corrected chi connectivity index (χ1v) is 15.7. The van der Waals surface area contributed by atoms with E-state index in [0.717, 1.165) is 48.4 Å². The van der Waals surface area contributed by atoms with Gasteiger partial charge < -0.3 is 15.0 Å². The third-order valence-electron chi connectivity index (χ3n) is 7.35. The van der Waals surface area contributed by atoms with Gasteiger partial charge >= 0.3 is 12.4 Å². The summed E-state index contributed by atoms with van der Waals surface area (Å²) in [5.41, 5.74) is 4.98. The number of aromatic nitrogens is 3. The number of nitrogens with zero attached hydrogens (tertiary/aromatic N) is 5. The molecule has 0 radical (unpaired) electrons. The Morgan fingerprint density at radius 3 is 2.49 bits per heavy atom. The molecule has 1 aliphatic rings. The van der Waals surface area contributed by atoms with Crippen LogP contribution in [0.5, 0.6) is 5.75 Å². The molecule has 8 nitrogen and oxygen atoms in total. The van der Waals surface area contributed by atoms with Gasteiger partial charge in [0.2, 0.25) is 0 Å². The van der Waals surface area contributed by atoms with Crippen LogP contribution < -0.4 is 15.0 Å². The maximum absolute atomic E-state index is 13.2. The van der Waals surface area contributed by atoms with E-state index in [4.69, 9.17) is 0 Å². The van der Waals surface area contributed by atoms with Crippen LogP contribution in [0, 0.1) is 6.92 Å². The number of aliphatic imine (C=N–C) groups is 1. The SMILES string of the molecule is CCCc1ccc(C)cc1N1CCCSC1=NC(=O)NC(C)(C)c1ccc(-c2ncn(-c3ccc(OC(F)(F)F)cc3)n2)cc1. The van der Waals surface area contributed by atoms with Crippen LogP contribution in [0.2, 0.25) is 0 Å². The zero-order chi connectivity index (χ0) is 32.2. The smallest absolute Gasteiger partial charge is 0.406 e. The average Bonchev–Trinajstić information content (AvgIpc) is 3.48. The van der Waals surface area contributed by atoms with Crippen molar-refractivity contribution in [2.24, 2.45) is 4.99 Å². The van der Waals surface area contributed by atoms with Gasteiger partial charge in [-0.15, -0.1) is 18.3 Å². The first-order valence-electron chi connectivity index (χ1n) is 14.7. The molecule has 3 aromatic carbocycles. The third-order valence-corrected chi connectivity index (χ3v) is 8.41. The molecule has 1 saturated heterocycles. The number of hydrogen-bond donors (Lipinski definition) is 1. The first kappa shape index (κ1) is 32.1. The molecule has 0 bridgehead atoms. The maximum Gasteiger partial charge on any atom is 0.573 e. The number of nitrogens with one attached hydrogen (secondary N) is 1. The fourth-order valence-corrected chi connectivity index (χ4v) is 6.04. The molecule has 1 N–H and O–H groups in total. The number of hydrogen-bond acceptors (Lipinski definition) is 5. The number of rotatable bonds is 8. The van der Waals surface area contributed by atoms with E-state index >= 15 is 0 Å². The van der Waals surface area contributed by atoms with E-state index < -0.39 is 17.9 Å². The largest absolute Gasteiger partial charge is 0.573 e. The monoisotopic (exact) mass is 636 g/mol. The number of carbonyl (C=O) groups is 1. The molecule has 1 aliphatic heterocycles. The summed E-state index contributed by atoms with van der Waals surface area (Å²) >= 11 is 1.60. The van der Waals surface area contributed by atoms with Gasteiger partial charge in [0.1, 0.15) is 12.1 Å². The lowest BCUT2D eigenvalue weighted by atomic mass is 9.93. The summed E-state index contributed by atoms with van der Waals surface area (Å²) in [5, 5.41) is 8.23. The lowest BCUT2D eigenvalue weighted by molar-refractivity contribution is -0.274. The minimum atomic E-state index is -4.76. The normalized spacial score (nSPS) is 14.9. The van der Waals surface area contributed by atoms with Gasteiger partial charge in [0.15, 0.2) is 11.0 Å². The van der Waals surface area contributed by atoms with Crippen molar-refractivity contribution >= 4 is 28.6 Å². The Morgan fingerprint density at radius 2 is 1.80 bits per heavy atom. The number of anilines is 1. The second kappa shape index (κ2) is 13.4. The Balaban J connectivity index is 1.28. The Kier molecular flexibility index (Phi) is 9.52. The van der Waals surface area contributed by atoms with E-state index in [9.17, 15) is 18.0 Å². The molecular formula is C33H35F3N6O2S. The van der Waals surface area contributed by atoms with Crippen LogP contribution in [0.4, 0.5) is 23.7 Å². The molecule has 0 atom stereocenters. The van der Waals surface area contributed by atoms with E-state index in [1.165, 1.54) is 46.4 Å². The van der Waals surface area contributed by atoms with Crippen LogP contribution in [-0.2, 0) is 12.0 Å². The standard InChI is InChI=1S/C33H35F3N6O2S/c1-5-7-23-9-8-22(2)20-28(23)41-18-6-19-45-31(41)38-30(43)39-32(3,4)25-12-10-24(11-13-25)29-37-21-42(40-29)26-14-16-27(17-15-26)44-33(34,35)36/h8-17,20-21H,5-7,18-19H2,1-4H3,(H,39,43). The molecule has 0 unspecified atom stereocenters. The highest BCUT2D eigenvalue weighted by Gasteiger charge is 2.31. The number of amides is 2. The zero-order valence-corrected chi connectivity index (χ0v) is 26.4. The van der Waals surface area contributed by atoms with Crippen molar-refractivity contribution in [3.63, 3.8) is 0 Å². The lowest BCUT2D eigenvalue weighted by Crippen LogP contribution is -2.41. The van der Waals surface area contributed by atoms with Crippen molar-refractivity contribution in [3.05, 3.63) is 89.7 Å². The van der Waals surface area contributed by atoms with Crippen molar-refractivity contribution in [3.8, 4) is 22.8 Å². The number of aryl methyl sites for hydroxylation is 2. The molecule has 45 heavy (non-hydrogen) atoms. The number of amidine groups is 1. The van der Waals surface area contributed by atoms with Gasteiger partial charge in [0.25, 0.3) is 0 Å². The van der Waals surface area contributed by atoms with Gasteiger partial charge in [0.05, 0.1) is 11.2 Å². The molecule has 0 spiro atoms. The molecule has 12 heteroatoms. The fourth-order valence-electron chi connectivity index (χ4n) is 5.09. The van der Waals surface area contributed by atoms with Crippen LogP contribution >= 0.6 is 11.8 Å². The number of ether oxygens (including phenoxy) is 1. The molecule has 5 rings (SSSR count). The van der Waals surface area contributed by atoms with Crippen LogP contribution in [-0.4, -0.2) is 44.6 Å². The van der Waals surface area contributed by atoms with Gasteiger partial charge in [0, 0.05) is 23.5 Å². The van der Waals surface area contributed by atoms with E-state index in [-0.39, 0.29) is 5.75 Å². The second-order valence-electron chi connectivity index (χ2n) is 11.3. The molecule has 2 amide bonds. The van der Waals surface area contributed by atoms with E-state index in [0.29, 0.717) is 16.7 Å². The molecule has 1 fully saturated rings. The van der Waals surface area contributed by atoms with Crippen molar-refractivity contribution in [2.75, 3.05) is 17.2 Å². The number of alkyl halides is 3. The Bertz CT molecular complexity index is 1670. The molecule has 2 heterocycles. The van der Waals surface area contributed by atoms with Gasteiger partial charge in [-0.05, 0) is 80.6 Å². The predicted molar refractivity (Wildman–Crippen MR) is 172 cm³/mol. The Morgan fingerprint density at radius 1 is 1.07 bits per heavy atom. The summed E-state index contributed by atoms with van der Waals surface area (Å²) in [7, 11) is 0. The number of carbonyl (C=O) groups excluding carboxylic acids is 1. The molecule has 1 aromatic heterocycles. The van der Waals surface area contributed by atoms with Crippen LogP contribution in [0.1, 0.15) is 50.3 Å². The van der Waals surface area contributed by atoms with E-state index in [1.54, 1.807) is 11.8 Å². The van der Waals surface area contributed by atoms with Crippen molar-refractivity contribution in [1.82, 2.24) is 20.1 Å². The van der Waals surface area contributed by atoms with Crippen LogP contribution in [0.3, 0.4) is 0 Å². The fraction of sp³-hybridized carbons (Fsp3) is 0.333. The van der Waals surface area contributed by atoms with Gasteiger partial charge in [-0.2, -0.15) is 4.99 Å². The minimum Gasteiger partial charge on any atom is -0.406 e. The number of thioether (sulfide) groups is 1. The van der Waals surface area contributed by atoms with E-state index in [1.807, 2.05) is 38.1 Å². The summed E-state index contributed by atoms with van der Waals surface area (Å²) in [5.74, 6) is 1.04. The highest BCUT2D eigenvalue weighted by molar-refractivity contribution is 8.14. The van der Waals surface area contributed by atoms with Crippen LogP contribution in [0.15, 0.2) is 78.0 Å². The minimum absolute atomic E-state index is 0.314. The van der Waals surface area contributed by atoms with Gasteiger partial charge in [-0.1, -0.05) is 61.5 Å². The highest BCUT2D eigenvalue weighted by atomic mass is 32.2. The second-order valence-corrected chi connectivity index (χ2v) is 12.4. The average molecular weight is 637 g/mol. The molecular weight excluding hydrogens is 601 g/mol. The third kappa shape index (κ3) is 8.05. The molecule has 0 aliphatic carbocycles. The quantitative estimate of drug-likeness (QED) is 0.211. The zero-order valence-electron chi connectivity index (χ0n) is 25.6. The highest BCUT2D eigenvalue weighted by Crippen LogP contribution is 2.31. The van der Waals surface area contributed by atoms with Crippen LogP contribution in [0.25, 0.3) is 17.1 Å². The summed E-state index contributed by atoms with van der Waals surface area (Å²) in [4.78, 5) is 24.3. The molecule has 4 aromatic rings. The van der Waals surface area contributed by atoms with E-state index in [2.05, 4.69) is 62.1 Å². The van der Waals surface area contributed by atoms with Crippen molar-refractivity contribution in [1.29, 1.82) is 0 Å². The Labute approximate surface area is 264 Å². The molecule has 236 valence electrons. The number of urea groups is 1. The lowest BCUT2D eigenvalue weighted by Gasteiger charge is -2.32. The maximum atomic E-state index is 13.2. The van der Waals surface area contributed by atoms with Crippen molar-refractivity contribution in [2.45, 2.75) is 58.9 Å². The summed E-state index contributed by atoms with van der Waals surface area (Å²) in [6.07, 6.45) is -0.259. The first-order chi connectivity index (χ1) is 21.4. The number of halogens is 3. The Hall–Kier alpha value is -4.32. The summed E-state index contributed by atoms with van der Waals surface area (Å²) in [6, 6.07) is 19.0. The summed E-state index contributed by atoms with van der Waals surface area (Å²) < 4.78 is 42.8. The van der Waals surface area contributed by atoms with Gasteiger partial charge in [-0.25, -0.2) is 14.5 Å². The molecule has 0 saturated carbocycles. The summed E-state index contributed by atoms with van der Waals surface area (Å²) in [6.45, 7) is 8.90.